The van der Waals surface area contributed by atoms with Crippen molar-refractivity contribution in [2.24, 2.45) is 5.73 Å². The van der Waals surface area contributed by atoms with Gasteiger partial charge in [0.2, 0.25) is 6.79 Å². The third kappa shape index (κ3) is 5.16. The zero-order valence-electron chi connectivity index (χ0n) is 26.6. The average Bonchev–Trinajstić information content (AvgIpc) is 3.72. The molecular weight excluding hydrogens is 604 g/mol. The number of hydrogen-bond acceptors (Lipinski definition) is 6. The second kappa shape index (κ2) is 11.9. The Balaban J connectivity index is 1.27. The molecule has 1 unspecified atom stereocenters. The third-order valence-electron chi connectivity index (χ3n) is 9.73. The van der Waals surface area contributed by atoms with Gasteiger partial charge < -0.3 is 29.8 Å². The first-order chi connectivity index (χ1) is 23.4. The number of phenols is 1. The maximum absolute atomic E-state index is 14.8. The molecule has 4 aromatic carbocycles. The Morgan fingerprint density at radius 3 is 2.29 bits per heavy atom. The summed E-state index contributed by atoms with van der Waals surface area (Å²) < 4.78 is 13.7. The predicted octanol–water partition coefficient (Wildman–Crippen LogP) is 6.43. The number of para-hydroxylation sites is 1. The van der Waals surface area contributed by atoms with E-state index in [1.807, 2.05) is 59.5 Å². The minimum Gasteiger partial charge on any atom is -0.508 e. The van der Waals surface area contributed by atoms with E-state index >= 15 is 0 Å². The van der Waals surface area contributed by atoms with Gasteiger partial charge in [-0.2, -0.15) is 0 Å². The molecule has 2 atom stereocenters. The van der Waals surface area contributed by atoms with Crippen LogP contribution in [0.1, 0.15) is 50.9 Å². The fourth-order valence-electron chi connectivity index (χ4n) is 7.24. The fourth-order valence-corrected chi connectivity index (χ4v) is 7.24. The van der Waals surface area contributed by atoms with E-state index in [2.05, 4.69) is 23.6 Å². The van der Waals surface area contributed by atoms with Gasteiger partial charge in [0.1, 0.15) is 5.75 Å². The third-order valence-corrected chi connectivity index (χ3v) is 9.73. The number of ether oxygens (including phenoxy) is 2. The number of benzene rings is 4. The van der Waals surface area contributed by atoms with Gasteiger partial charge in [-0.05, 0) is 85.5 Å². The van der Waals surface area contributed by atoms with E-state index in [1.165, 1.54) is 5.56 Å². The summed E-state index contributed by atoms with van der Waals surface area (Å²) in [5, 5.41) is 10.0. The average molecular weight is 641 g/mol. The molecule has 0 spiro atoms. The van der Waals surface area contributed by atoms with Gasteiger partial charge in [-0.15, -0.1) is 0 Å². The molecule has 0 bridgehead atoms. The number of aromatic nitrogens is 1. The molecule has 48 heavy (non-hydrogen) atoms. The van der Waals surface area contributed by atoms with Crippen LogP contribution < -0.4 is 20.1 Å². The Kier molecular flexibility index (Phi) is 7.41. The van der Waals surface area contributed by atoms with Crippen LogP contribution in [-0.4, -0.2) is 45.3 Å². The van der Waals surface area contributed by atoms with Crippen molar-refractivity contribution in [3.63, 3.8) is 0 Å². The van der Waals surface area contributed by atoms with Crippen LogP contribution in [0.2, 0.25) is 0 Å². The second-order valence-electron chi connectivity index (χ2n) is 12.8. The van der Waals surface area contributed by atoms with Crippen LogP contribution in [0.3, 0.4) is 0 Å². The fraction of sp³-hybridized carbons (Fsp3) is 0.231. The molecule has 242 valence electrons. The van der Waals surface area contributed by atoms with E-state index in [-0.39, 0.29) is 36.4 Å². The van der Waals surface area contributed by atoms with Crippen LogP contribution in [0.5, 0.6) is 17.2 Å². The number of phenolic OH excluding ortho intramolecular Hbond substituents is 1. The number of hydrogen-bond donors (Lipinski definition) is 2. The predicted molar refractivity (Wildman–Crippen MR) is 183 cm³/mol. The van der Waals surface area contributed by atoms with E-state index in [1.54, 1.807) is 35.2 Å². The van der Waals surface area contributed by atoms with Crippen LogP contribution in [0, 0.1) is 0 Å². The molecule has 0 fully saturated rings. The van der Waals surface area contributed by atoms with Gasteiger partial charge >= 0.3 is 0 Å². The lowest BCUT2D eigenvalue weighted by molar-refractivity contribution is 0.0658. The molecule has 8 rings (SSSR count). The van der Waals surface area contributed by atoms with Crippen LogP contribution >= 0.6 is 0 Å². The van der Waals surface area contributed by atoms with Crippen molar-refractivity contribution in [3.05, 3.63) is 125 Å². The molecule has 0 aliphatic carbocycles. The number of anilines is 2. The molecule has 4 heterocycles. The Morgan fingerprint density at radius 1 is 0.833 bits per heavy atom. The second-order valence-corrected chi connectivity index (χ2v) is 12.8. The minimum absolute atomic E-state index is 0.00761. The lowest BCUT2D eigenvalue weighted by Crippen LogP contribution is -2.42. The van der Waals surface area contributed by atoms with Crippen LogP contribution in [0.4, 0.5) is 11.4 Å². The first-order valence-electron chi connectivity index (χ1n) is 16.3. The Labute approximate surface area is 278 Å². The lowest BCUT2D eigenvalue weighted by atomic mass is 9.93. The standard InChI is InChI=1S/C39H36N4O5/c1-24-17-25-7-5-6-8-26(25)22-42(24)38(45)32-21-37-36(47-23-48-37)20-31(32)35-19-33(34-18-27(40)15-16-41(34)35)39(46)43(28-9-3-2-4-10-28)29-11-13-30(44)14-12-29/h2-14,19-21,24,27,44H,15-18,22-23,40H2,1H3/t24-,27?/m1/s1. The first kappa shape index (κ1) is 29.8. The quantitative estimate of drug-likeness (QED) is 0.229. The number of rotatable bonds is 5. The highest BCUT2D eigenvalue weighted by Gasteiger charge is 2.35. The topological polar surface area (TPSA) is 110 Å². The summed E-state index contributed by atoms with van der Waals surface area (Å²) in [7, 11) is 0. The normalized spacial score (nSPS) is 17.8. The molecule has 1 aromatic heterocycles. The number of aromatic hydroxyl groups is 1. The lowest BCUT2D eigenvalue weighted by Gasteiger charge is -2.35. The van der Waals surface area contributed by atoms with E-state index in [0.717, 1.165) is 29.8 Å². The zero-order valence-corrected chi connectivity index (χ0v) is 26.6. The number of carbonyl (C=O) groups is 2. The van der Waals surface area contributed by atoms with Crippen molar-refractivity contribution in [2.75, 3.05) is 11.7 Å². The number of nitrogens with two attached hydrogens (primary N) is 1. The molecule has 3 N–H and O–H groups in total. The van der Waals surface area contributed by atoms with Gasteiger partial charge in [0.25, 0.3) is 11.8 Å². The van der Waals surface area contributed by atoms with Crippen LogP contribution in [-0.2, 0) is 25.9 Å². The molecule has 0 saturated carbocycles. The van der Waals surface area contributed by atoms with Gasteiger partial charge in [0.15, 0.2) is 11.5 Å². The summed E-state index contributed by atoms with van der Waals surface area (Å²) in [4.78, 5) is 32.9. The molecule has 0 radical (unpaired) electrons. The van der Waals surface area contributed by atoms with E-state index in [0.29, 0.717) is 59.1 Å². The van der Waals surface area contributed by atoms with Crippen molar-refractivity contribution in [3.8, 4) is 28.5 Å². The summed E-state index contributed by atoms with van der Waals surface area (Å²) in [6, 6.07) is 29.7. The largest absolute Gasteiger partial charge is 0.508 e. The summed E-state index contributed by atoms with van der Waals surface area (Å²) >= 11 is 0. The maximum Gasteiger partial charge on any atom is 0.264 e. The van der Waals surface area contributed by atoms with Crippen LogP contribution in [0.25, 0.3) is 11.3 Å². The highest BCUT2D eigenvalue weighted by atomic mass is 16.7. The molecule has 2 amide bonds. The van der Waals surface area contributed by atoms with Gasteiger partial charge in [-0.1, -0.05) is 42.5 Å². The summed E-state index contributed by atoms with van der Waals surface area (Å²) in [5.41, 5.74) is 13.5. The van der Waals surface area contributed by atoms with Crippen molar-refractivity contribution in [2.45, 2.75) is 51.4 Å². The van der Waals surface area contributed by atoms with Crippen molar-refractivity contribution in [1.29, 1.82) is 0 Å². The Bertz CT molecular complexity index is 2040. The number of nitrogens with zero attached hydrogens (tertiary/aromatic N) is 3. The highest BCUT2D eigenvalue weighted by molar-refractivity contribution is 6.12. The molecule has 5 aromatic rings. The van der Waals surface area contributed by atoms with E-state index in [9.17, 15) is 14.7 Å². The van der Waals surface area contributed by atoms with Gasteiger partial charge in [-0.25, -0.2) is 0 Å². The zero-order chi connectivity index (χ0) is 32.9. The molecule has 3 aliphatic rings. The smallest absolute Gasteiger partial charge is 0.264 e. The van der Waals surface area contributed by atoms with E-state index in [4.69, 9.17) is 15.2 Å². The monoisotopic (exact) mass is 640 g/mol. The Morgan fingerprint density at radius 2 is 1.52 bits per heavy atom. The van der Waals surface area contributed by atoms with Gasteiger partial charge in [0.05, 0.1) is 11.1 Å². The van der Waals surface area contributed by atoms with Gasteiger partial charge in [-0.3, -0.25) is 14.5 Å². The van der Waals surface area contributed by atoms with Crippen molar-refractivity contribution >= 4 is 23.2 Å². The molecule has 9 heteroatoms. The molecule has 9 nitrogen and oxygen atoms in total. The molecule has 3 aliphatic heterocycles. The highest BCUT2D eigenvalue weighted by Crippen LogP contribution is 2.43. The number of carbonyl (C=O) groups excluding carboxylic acids is 2. The summed E-state index contributed by atoms with van der Waals surface area (Å²) in [5.74, 6) is 0.866. The Hall–Kier alpha value is -5.54. The molecule has 0 saturated heterocycles. The number of fused-ring (bicyclic) bond motifs is 3. The minimum atomic E-state index is -0.231. The molecular formula is C39H36N4O5. The van der Waals surface area contributed by atoms with Crippen molar-refractivity contribution in [1.82, 2.24) is 9.47 Å². The van der Waals surface area contributed by atoms with Crippen molar-refractivity contribution < 1.29 is 24.2 Å². The SMILES string of the molecule is C[C@@H]1Cc2ccccc2CN1C(=O)c1cc2c(cc1-c1cc(C(=O)N(c3ccccc3)c3ccc(O)cc3)c3n1CCC(N)C3)OCO2. The van der Waals surface area contributed by atoms with Crippen LogP contribution in [0.15, 0.2) is 97.1 Å². The van der Waals surface area contributed by atoms with E-state index < -0.39 is 0 Å². The first-order valence-corrected chi connectivity index (χ1v) is 16.3. The summed E-state index contributed by atoms with van der Waals surface area (Å²) in [6.07, 6.45) is 2.01. The summed E-state index contributed by atoms with van der Waals surface area (Å²) in [6.45, 7) is 3.26. The van der Waals surface area contributed by atoms with Gasteiger partial charge in [0, 0.05) is 59.9 Å². The maximum atomic E-state index is 14.8. The number of amides is 2.